The lowest BCUT2D eigenvalue weighted by atomic mass is 10.2. The number of esters is 1. The predicted octanol–water partition coefficient (Wildman–Crippen LogP) is 3.03. The van der Waals surface area contributed by atoms with E-state index in [1.54, 1.807) is 17.8 Å². The Morgan fingerprint density at radius 2 is 1.96 bits per heavy atom. The van der Waals surface area contributed by atoms with Crippen LogP contribution in [0.2, 0.25) is 0 Å². The molecule has 1 heterocycles. The Hall–Kier alpha value is -2.83. The third-order valence-corrected chi connectivity index (χ3v) is 3.49. The van der Waals surface area contributed by atoms with Crippen LogP contribution in [0.1, 0.15) is 42.6 Å². The van der Waals surface area contributed by atoms with Gasteiger partial charge in [0.2, 0.25) is 0 Å². The molecule has 2 rings (SSSR count). The Kier molecular flexibility index (Phi) is 7.00. The average Bonchev–Trinajstić information content (AvgIpc) is 2.98. The molecule has 0 atom stereocenters. The number of rotatable bonds is 8. The van der Waals surface area contributed by atoms with Crippen molar-refractivity contribution in [2.24, 2.45) is 0 Å². The first kappa shape index (κ1) is 18.5. The molecule has 2 aromatic rings. The number of anilines is 1. The number of hydrogen-bond acceptors (Lipinski definition) is 4. The number of benzene rings is 1. The molecule has 0 saturated carbocycles. The minimum absolute atomic E-state index is 0.198. The van der Waals surface area contributed by atoms with Gasteiger partial charge >= 0.3 is 12.0 Å². The summed E-state index contributed by atoms with van der Waals surface area (Å²) >= 11 is 0. The molecule has 0 radical (unpaired) electrons. The fourth-order valence-corrected chi connectivity index (χ4v) is 2.25. The molecular weight excluding hydrogens is 320 g/mol. The van der Waals surface area contributed by atoms with E-state index < -0.39 is 5.97 Å². The lowest BCUT2D eigenvalue weighted by molar-refractivity contribution is 0.0527. The number of unbranched alkanes of at least 4 members (excludes halogenated alkanes) is 1. The first-order valence-electron chi connectivity index (χ1n) is 8.47. The summed E-state index contributed by atoms with van der Waals surface area (Å²) in [5, 5.41) is 9.69. The van der Waals surface area contributed by atoms with Gasteiger partial charge in [0.25, 0.3) is 0 Å². The van der Waals surface area contributed by atoms with E-state index in [4.69, 9.17) is 4.74 Å². The third-order valence-electron chi connectivity index (χ3n) is 3.49. The van der Waals surface area contributed by atoms with Crippen LogP contribution in [0.4, 0.5) is 10.6 Å². The molecule has 1 aromatic heterocycles. The van der Waals surface area contributed by atoms with Crippen molar-refractivity contribution in [2.75, 3.05) is 18.5 Å². The van der Waals surface area contributed by atoms with E-state index in [1.807, 2.05) is 37.3 Å². The van der Waals surface area contributed by atoms with E-state index in [0.29, 0.717) is 13.1 Å². The number of amides is 2. The van der Waals surface area contributed by atoms with Crippen LogP contribution in [0.15, 0.2) is 36.5 Å². The van der Waals surface area contributed by atoms with Crippen LogP contribution >= 0.6 is 0 Å². The minimum Gasteiger partial charge on any atom is -0.462 e. The van der Waals surface area contributed by atoms with E-state index in [0.717, 1.165) is 18.4 Å². The summed E-state index contributed by atoms with van der Waals surface area (Å²) in [6.45, 7) is 5.10. The number of urea groups is 1. The molecule has 25 heavy (non-hydrogen) atoms. The van der Waals surface area contributed by atoms with E-state index in [2.05, 4.69) is 15.7 Å². The summed E-state index contributed by atoms with van der Waals surface area (Å²) in [7, 11) is 0. The molecule has 0 unspecified atom stereocenters. The minimum atomic E-state index is -0.509. The molecule has 134 valence electrons. The molecule has 7 nitrogen and oxygen atoms in total. The number of hydrogen-bond donors (Lipinski definition) is 2. The molecule has 2 N–H and O–H groups in total. The highest BCUT2D eigenvalue weighted by Crippen LogP contribution is 2.16. The molecule has 1 aromatic carbocycles. The SMILES string of the molecule is CCCCNC(=O)Nc1nn(Cc2ccccc2)cc1C(=O)OCC. The smallest absolute Gasteiger partial charge is 0.343 e. The van der Waals surface area contributed by atoms with Crippen molar-refractivity contribution in [3.63, 3.8) is 0 Å². The zero-order chi connectivity index (χ0) is 18.1. The molecule has 0 aliphatic heterocycles. The molecule has 0 bridgehead atoms. The average molecular weight is 344 g/mol. The van der Waals surface area contributed by atoms with Crippen molar-refractivity contribution in [1.29, 1.82) is 0 Å². The van der Waals surface area contributed by atoms with Crippen LogP contribution < -0.4 is 10.6 Å². The highest BCUT2D eigenvalue weighted by atomic mass is 16.5. The second-order valence-corrected chi connectivity index (χ2v) is 5.53. The summed E-state index contributed by atoms with van der Waals surface area (Å²) in [5.41, 5.74) is 1.28. The predicted molar refractivity (Wildman–Crippen MR) is 95.7 cm³/mol. The molecule has 7 heteroatoms. The monoisotopic (exact) mass is 344 g/mol. The summed E-state index contributed by atoms with van der Waals surface area (Å²) in [4.78, 5) is 24.1. The highest BCUT2D eigenvalue weighted by molar-refractivity contribution is 5.99. The van der Waals surface area contributed by atoms with Gasteiger partial charge in [0.15, 0.2) is 5.82 Å². The van der Waals surface area contributed by atoms with Crippen molar-refractivity contribution in [1.82, 2.24) is 15.1 Å². The van der Waals surface area contributed by atoms with E-state index in [9.17, 15) is 9.59 Å². The van der Waals surface area contributed by atoms with Gasteiger partial charge in [0.05, 0.1) is 13.2 Å². The Bertz CT molecular complexity index is 698. The maximum Gasteiger partial charge on any atom is 0.343 e. The van der Waals surface area contributed by atoms with Gasteiger partial charge in [-0.2, -0.15) is 5.10 Å². The molecule has 0 saturated heterocycles. The number of aromatic nitrogens is 2. The van der Waals surface area contributed by atoms with Crippen molar-refractivity contribution in [3.8, 4) is 0 Å². The molecule has 2 amide bonds. The normalized spacial score (nSPS) is 10.3. The van der Waals surface area contributed by atoms with Gasteiger partial charge < -0.3 is 10.1 Å². The van der Waals surface area contributed by atoms with Gasteiger partial charge in [-0.15, -0.1) is 0 Å². The number of carbonyl (C=O) groups excluding carboxylic acids is 2. The number of nitrogens with one attached hydrogen (secondary N) is 2. The van der Waals surface area contributed by atoms with Crippen molar-refractivity contribution in [3.05, 3.63) is 47.7 Å². The van der Waals surface area contributed by atoms with Crippen LogP contribution in [0.5, 0.6) is 0 Å². The van der Waals surface area contributed by atoms with Crippen LogP contribution in [0, 0.1) is 0 Å². The lowest BCUT2D eigenvalue weighted by Gasteiger charge is -2.06. The first-order chi connectivity index (χ1) is 12.1. The fraction of sp³-hybridized carbons (Fsp3) is 0.389. The zero-order valence-corrected chi connectivity index (χ0v) is 14.6. The molecule has 0 aliphatic rings. The quantitative estimate of drug-likeness (QED) is 0.569. The Morgan fingerprint density at radius 3 is 2.64 bits per heavy atom. The van der Waals surface area contributed by atoms with Gasteiger partial charge in [-0.05, 0) is 18.9 Å². The third kappa shape index (κ3) is 5.63. The highest BCUT2D eigenvalue weighted by Gasteiger charge is 2.19. The number of nitrogens with zero attached hydrogens (tertiary/aromatic N) is 2. The van der Waals surface area contributed by atoms with E-state index in [1.165, 1.54) is 0 Å². The fourth-order valence-electron chi connectivity index (χ4n) is 2.25. The van der Waals surface area contributed by atoms with Gasteiger partial charge in [0, 0.05) is 12.7 Å². The van der Waals surface area contributed by atoms with Crippen molar-refractivity contribution in [2.45, 2.75) is 33.2 Å². The standard InChI is InChI=1S/C18H24N4O3/c1-3-5-11-19-18(24)20-16-15(17(23)25-4-2)13-22(21-16)12-14-9-7-6-8-10-14/h6-10,13H,3-5,11-12H2,1-2H3,(H2,19,20,21,24). The Labute approximate surface area is 147 Å². The van der Waals surface area contributed by atoms with Crippen LogP contribution in [-0.4, -0.2) is 34.9 Å². The Balaban J connectivity index is 2.14. The van der Waals surface area contributed by atoms with Gasteiger partial charge in [-0.3, -0.25) is 10.00 Å². The maximum absolute atomic E-state index is 12.1. The molecule has 0 aliphatic carbocycles. The van der Waals surface area contributed by atoms with E-state index in [-0.39, 0.29) is 24.0 Å². The molecular formula is C18H24N4O3. The second kappa shape index (κ2) is 9.46. The molecule has 0 fully saturated rings. The first-order valence-corrected chi connectivity index (χ1v) is 8.47. The molecule has 0 spiro atoms. The number of carbonyl (C=O) groups is 2. The lowest BCUT2D eigenvalue weighted by Crippen LogP contribution is -2.30. The topological polar surface area (TPSA) is 85.3 Å². The Morgan fingerprint density at radius 1 is 1.20 bits per heavy atom. The summed E-state index contributed by atoms with van der Waals surface area (Å²) in [6, 6.07) is 9.36. The summed E-state index contributed by atoms with van der Waals surface area (Å²) < 4.78 is 6.66. The second-order valence-electron chi connectivity index (χ2n) is 5.53. The van der Waals surface area contributed by atoms with Crippen LogP contribution in [-0.2, 0) is 11.3 Å². The van der Waals surface area contributed by atoms with E-state index >= 15 is 0 Å². The maximum atomic E-state index is 12.1. The van der Waals surface area contributed by atoms with Gasteiger partial charge in [-0.1, -0.05) is 43.7 Å². The number of ether oxygens (including phenoxy) is 1. The summed E-state index contributed by atoms with van der Waals surface area (Å²) in [5.74, 6) is -0.311. The van der Waals surface area contributed by atoms with Crippen LogP contribution in [0.25, 0.3) is 0 Å². The van der Waals surface area contributed by atoms with Crippen molar-refractivity contribution < 1.29 is 14.3 Å². The summed E-state index contributed by atoms with van der Waals surface area (Å²) in [6.07, 6.45) is 3.47. The van der Waals surface area contributed by atoms with Gasteiger partial charge in [-0.25, -0.2) is 9.59 Å². The van der Waals surface area contributed by atoms with Crippen molar-refractivity contribution >= 4 is 17.8 Å². The zero-order valence-electron chi connectivity index (χ0n) is 14.6. The van der Waals surface area contributed by atoms with Crippen LogP contribution in [0.3, 0.4) is 0 Å². The van der Waals surface area contributed by atoms with Gasteiger partial charge in [0.1, 0.15) is 5.56 Å². The largest absolute Gasteiger partial charge is 0.462 e.